The third-order valence-corrected chi connectivity index (χ3v) is 3.62. The summed E-state index contributed by atoms with van der Waals surface area (Å²) in [6.07, 6.45) is 0. The van der Waals surface area contributed by atoms with E-state index in [2.05, 4.69) is 5.32 Å². The average Bonchev–Trinajstić information content (AvgIpc) is 2.55. The van der Waals surface area contributed by atoms with Crippen molar-refractivity contribution in [3.05, 3.63) is 58.9 Å². The number of hydrogen-bond acceptors (Lipinski definition) is 3. The van der Waals surface area contributed by atoms with Gasteiger partial charge in [0.15, 0.2) is 0 Å². The van der Waals surface area contributed by atoms with Gasteiger partial charge in [-0.3, -0.25) is 4.79 Å². The smallest absolute Gasteiger partial charge is 0.241 e. The van der Waals surface area contributed by atoms with Crippen molar-refractivity contribution in [2.75, 3.05) is 26.0 Å². The van der Waals surface area contributed by atoms with Crippen molar-refractivity contribution in [3.63, 3.8) is 0 Å². The number of hydrogen-bond donors (Lipinski definition) is 1. The zero-order valence-electron chi connectivity index (χ0n) is 13.0. The summed E-state index contributed by atoms with van der Waals surface area (Å²) in [5.41, 5.74) is 1.11. The number of para-hydroxylation sites is 1. The number of methoxy groups -OCH3 is 1. The molecule has 0 aliphatic rings. The Balaban J connectivity index is 1.96. The van der Waals surface area contributed by atoms with E-state index in [-0.39, 0.29) is 18.1 Å². The molecular weight excluding hydrogens is 319 g/mol. The third-order valence-electron chi connectivity index (χ3n) is 3.38. The van der Waals surface area contributed by atoms with Crippen LogP contribution in [0.1, 0.15) is 5.56 Å². The number of rotatable bonds is 6. The molecule has 122 valence electrons. The van der Waals surface area contributed by atoms with Crippen LogP contribution < -0.4 is 10.1 Å². The fourth-order valence-corrected chi connectivity index (χ4v) is 2.29. The van der Waals surface area contributed by atoms with E-state index in [1.807, 2.05) is 24.3 Å². The number of anilines is 1. The molecule has 0 fully saturated rings. The molecule has 0 aromatic heterocycles. The van der Waals surface area contributed by atoms with Crippen molar-refractivity contribution >= 4 is 23.2 Å². The SMILES string of the molecule is COc1ccccc1CN(C)C(=O)CNc1cc(Cl)ccc1F. The molecular formula is C17H18ClFN2O2. The summed E-state index contributed by atoms with van der Waals surface area (Å²) in [4.78, 5) is 13.7. The molecule has 0 aliphatic carbocycles. The highest BCUT2D eigenvalue weighted by Gasteiger charge is 2.12. The van der Waals surface area contributed by atoms with Gasteiger partial charge in [0.25, 0.3) is 0 Å². The van der Waals surface area contributed by atoms with Gasteiger partial charge >= 0.3 is 0 Å². The lowest BCUT2D eigenvalue weighted by molar-refractivity contribution is -0.128. The highest BCUT2D eigenvalue weighted by molar-refractivity contribution is 6.30. The van der Waals surface area contributed by atoms with E-state index < -0.39 is 5.82 Å². The lowest BCUT2D eigenvalue weighted by Gasteiger charge is -2.19. The molecule has 6 heteroatoms. The first-order valence-electron chi connectivity index (χ1n) is 7.06. The van der Waals surface area contributed by atoms with Crippen LogP contribution in [0, 0.1) is 5.82 Å². The molecule has 4 nitrogen and oxygen atoms in total. The number of ether oxygens (including phenoxy) is 1. The topological polar surface area (TPSA) is 41.6 Å². The number of likely N-dealkylation sites (N-methyl/N-ethyl adjacent to an activating group) is 1. The number of benzene rings is 2. The molecule has 0 radical (unpaired) electrons. The van der Waals surface area contributed by atoms with Crippen molar-refractivity contribution in [1.29, 1.82) is 0 Å². The fourth-order valence-electron chi connectivity index (χ4n) is 2.12. The molecule has 0 aliphatic heterocycles. The standard InChI is InChI=1S/C17H18ClFN2O2/c1-21(11-12-5-3-4-6-16(12)23-2)17(22)10-20-15-9-13(18)7-8-14(15)19/h3-9,20H,10-11H2,1-2H3. The van der Waals surface area contributed by atoms with E-state index in [1.165, 1.54) is 18.2 Å². The second kappa shape index (κ2) is 7.83. The maximum Gasteiger partial charge on any atom is 0.241 e. The summed E-state index contributed by atoms with van der Waals surface area (Å²) in [6.45, 7) is 0.380. The number of carbonyl (C=O) groups excluding carboxylic acids is 1. The molecule has 0 spiro atoms. The van der Waals surface area contributed by atoms with Crippen LogP contribution >= 0.6 is 11.6 Å². The van der Waals surface area contributed by atoms with Crippen LogP contribution in [0.5, 0.6) is 5.75 Å². The quantitative estimate of drug-likeness (QED) is 0.877. The summed E-state index contributed by atoms with van der Waals surface area (Å²) in [7, 11) is 3.27. The van der Waals surface area contributed by atoms with Gasteiger partial charge in [0.2, 0.25) is 5.91 Å². The molecule has 23 heavy (non-hydrogen) atoms. The number of nitrogens with one attached hydrogen (secondary N) is 1. The van der Waals surface area contributed by atoms with E-state index in [1.54, 1.807) is 19.1 Å². The van der Waals surface area contributed by atoms with E-state index >= 15 is 0 Å². The average molecular weight is 337 g/mol. The molecule has 2 aromatic carbocycles. The van der Waals surface area contributed by atoms with E-state index in [4.69, 9.17) is 16.3 Å². The first-order chi connectivity index (χ1) is 11.0. The number of nitrogens with zero attached hydrogens (tertiary/aromatic N) is 1. The Morgan fingerprint density at radius 1 is 1.30 bits per heavy atom. The van der Waals surface area contributed by atoms with Gasteiger partial charge in [-0.2, -0.15) is 0 Å². The number of amides is 1. The van der Waals surface area contributed by atoms with Crippen LogP contribution in [0.4, 0.5) is 10.1 Å². The second-order valence-electron chi connectivity index (χ2n) is 5.04. The fraction of sp³-hybridized carbons (Fsp3) is 0.235. The maximum absolute atomic E-state index is 13.6. The number of carbonyl (C=O) groups is 1. The predicted molar refractivity (Wildman–Crippen MR) is 89.4 cm³/mol. The minimum atomic E-state index is -0.449. The first kappa shape index (κ1) is 17.1. The molecule has 0 saturated heterocycles. The Labute approximate surface area is 139 Å². The minimum absolute atomic E-state index is 0.0249. The van der Waals surface area contributed by atoms with Gasteiger partial charge in [-0.1, -0.05) is 29.8 Å². The normalized spacial score (nSPS) is 10.3. The molecule has 2 rings (SSSR count). The lowest BCUT2D eigenvalue weighted by atomic mass is 10.2. The predicted octanol–water partition coefficient (Wildman–Crippen LogP) is 3.56. The van der Waals surface area contributed by atoms with Crippen molar-refractivity contribution in [2.45, 2.75) is 6.54 Å². The summed E-state index contributed by atoms with van der Waals surface area (Å²) >= 11 is 5.82. The third kappa shape index (κ3) is 4.60. The van der Waals surface area contributed by atoms with E-state index in [9.17, 15) is 9.18 Å². The van der Waals surface area contributed by atoms with Crippen molar-refractivity contribution in [2.24, 2.45) is 0 Å². The highest BCUT2D eigenvalue weighted by Crippen LogP contribution is 2.20. The Bertz CT molecular complexity index is 694. The van der Waals surface area contributed by atoms with Crippen LogP contribution in [-0.4, -0.2) is 31.5 Å². The van der Waals surface area contributed by atoms with Crippen LogP contribution in [0.3, 0.4) is 0 Å². The Morgan fingerprint density at radius 2 is 2.04 bits per heavy atom. The molecule has 0 saturated carbocycles. The van der Waals surface area contributed by atoms with Crippen LogP contribution in [-0.2, 0) is 11.3 Å². The molecule has 1 N–H and O–H groups in total. The summed E-state index contributed by atoms with van der Waals surface area (Å²) in [6, 6.07) is 11.7. The van der Waals surface area contributed by atoms with Crippen molar-refractivity contribution < 1.29 is 13.9 Å². The summed E-state index contributed by atoms with van der Waals surface area (Å²) in [5.74, 6) is 0.103. The molecule has 0 unspecified atom stereocenters. The van der Waals surface area contributed by atoms with Gasteiger partial charge in [0.05, 0.1) is 19.3 Å². The van der Waals surface area contributed by atoms with Crippen molar-refractivity contribution in [3.8, 4) is 5.75 Å². The van der Waals surface area contributed by atoms with Gasteiger partial charge in [0, 0.05) is 24.2 Å². The second-order valence-corrected chi connectivity index (χ2v) is 5.48. The van der Waals surface area contributed by atoms with Gasteiger partial charge < -0.3 is 15.0 Å². The van der Waals surface area contributed by atoms with Crippen LogP contribution in [0.25, 0.3) is 0 Å². The molecule has 2 aromatic rings. The van der Waals surface area contributed by atoms with Crippen LogP contribution in [0.2, 0.25) is 5.02 Å². The van der Waals surface area contributed by atoms with Gasteiger partial charge in [-0.05, 0) is 24.3 Å². The summed E-state index contributed by atoms with van der Waals surface area (Å²) in [5, 5.41) is 3.17. The zero-order chi connectivity index (χ0) is 16.8. The maximum atomic E-state index is 13.6. The number of halogens is 2. The zero-order valence-corrected chi connectivity index (χ0v) is 13.7. The van der Waals surface area contributed by atoms with Gasteiger partial charge in [0.1, 0.15) is 11.6 Å². The van der Waals surface area contributed by atoms with Crippen molar-refractivity contribution in [1.82, 2.24) is 4.90 Å². The first-order valence-corrected chi connectivity index (χ1v) is 7.44. The van der Waals surface area contributed by atoms with Gasteiger partial charge in [-0.15, -0.1) is 0 Å². The largest absolute Gasteiger partial charge is 0.496 e. The molecule has 1 amide bonds. The van der Waals surface area contributed by atoms with Crippen LogP contribution in [0.15, 0.2) is 42.5 Å². The molecule has 0 heterocycles. The molecule has 0 bridgehead atoms. The molecule has 0 atom stereocenters. The lowest BCUT2D eigenvalue weighted by Crippen LogP contribution is -2.32. The highest BCUT2D eigenvalue weighted by atomic mass is 35.5. The van der Waals surface area contributed by atoms with E-state index in [0.29, 0.717) is 11.6 Å². The Hall–Kier alpha value is -2.27. The minimum Gasteiger partial charge on any atom is -0.496 e. The Morgan fingerprint density at radius 3 is 2.78 bits per heavy atom. The van der Waals surface area contributed by atoms with E-state index in [0.717, 1.165) is 11.3 Å². The monoisotopic (exact) mass is 336 g/mol. The van der Waals surface area contributed by atoms with Gasteiger partial charge in [-0.25, -0.2) is 4.39 Å². The Kier molecular flexibility index (Phi) is 5.82. The summed E-state index contributed by atoms with van der Waals surface area (Å²) < 4.78 is 18.9.